The Morgan fingerprint density at radius 1 is 1.15 bits per heavy atom. The molecule has 0 saturated heterocycles. The van der Waals surface area contributed by atoms with Crippen molar-refractivity contribution in [2.45, 2.75) is 0 Å². The van der Waals surface area contributed by atoms with Crippen molar-refractivity contribution < 1.29 is 23.9 Å². The predicted octanol–water partition coefficient (Wildman–Crippen LogP) is 2.96. The SMILES string of the molecule is COc1ccc(OC)c(/C=C2\N=C(c3ccccc3[N+](=O)[O-])OC2=O)c1. The number of carbonyl (C=O) groups is 1. The summed E-state index contributed by atoms with van der Waals surface area (Å²) >= 11 is 0. The number of esters is 1. The lowest BCUT2D eigenvalue weighted by atomic mass is 10.1. The lowest BCUT2D eigenvalue weighted by Gasteiger charge is -2.07. The van der Waals surface area contributed by atoms with E-state index >= 15 is 0 Å². The Balaban J connectivity index is 2.04. The first kappa shape index (κ1) is 17.2. The number of para-hydroxylation sites is 1. The number of cyclic esters (lactones) is 1. The number of rotatable bonds is 5. The van der Waals surface area contributed by atoms with Gasteiger partial charge in [-0.1, -0.05) is 12.1 Å². The highest BCUT2D eigenvalue weighted by Crippen LogP contribution is 2.29. The van der Waals surface area contributed by atoms with E-state index in [-0.39, 0.29) is 22.8 Å². The molecule has 8 heteroatoms. The van der Waals surface area contributed by atoms with Gasteiger partial charge in [-0.25, -0.2) is 9.79 Å². The number of carbonyl (C=O) groups excluding carboxylic acids is 1. The van der Waals surface area contributed by atoms with Crippen molar-refractivity contribution >= 4 is 23.6 Å². The van der Waals surface area contributed by atoms with Crippen LogP contribution < -0.4 is 9.47 Å². The third kappa shape index (κ3) is 3.25. The normalized spacial score (nSPS) is 14.8. The van der Waals surface area contributed by atoms with Crippen molar-refractivity contribution in [2.24, 2.45) is 4.99 Å². The fraction of sp³-hybridized carbons (Fsp3) is 0.111. The number of methoxy groups -OCH3 is 2. The Hall–Kier alpha value is -3.68. The summed E-state index contributed by atoms with van der Waals surface area (Å²) in [6, 6.07) is 11.0. The molecule has 1 aliphatic heterocycles. The van der Waals surface area contributed by atoms with Gasteiger partial charge < -0.3 is 14.2 Å². The second kappa shape index (κ2) is 7.06. The number of ether oxygens (including phenoxy) is 3. The van der Waals surface area contributed by atoms with Crippen molar-refractivity contribution in [1.82, 2.24) is 0 Å². The minimum Gasteiger partial charge on any atom is -0.497 e. The topological polar surface area (TPSA) is 100 Å². The van der Waals surface area contributed by atoms with Crippen molar-refractivity contribution in [1.29, 1.82) is 0 Å². The summed E-state index contributed by atoms with van der Waals surface area (Å²) in [5.74, 6) is 0.269. The molecule has 26 heavy (non-hydrogen) atoms. The molecular weight excluding hydrogens is 340 g/mol. The summed E-state index contributed by atoms with van der Waals surface area (Å²) in [5.41, 5.74) is 0.502. The average molecular weight is 354 g/mol. The van der Waals surface area contributed by atoms with E-state index in [0.29, 0.717) is 17.1 Å². The molecule has 0 amide bonds. The Bertz CT molecular complexity index is 948. The molecule has 2 aromatic rings. The second-order valence-electron chi connectivity index (χ2n) is 5.22. The highest BCUT2D eigenvalue weighted by atomic mass is 16.6. The van der Waals surface area contributed by atoms with Crippen molar-refractivity contribution in [3.8, 4) is 11.5 Å². The summed E-state index contributed by atoms with van der Waals surface area (Å²) in [4.78, 5) is 26.9. The van der Waals surface area contributed by atoms with Crippen LogP contribution in [0.2, 0.25) is 0 Å². The van der Waals surface area contributed by atoms with Crippen LogP contribution in [0.5, 0.6) is 11.5 Å². The van der Waals surface area contributed by atoms with E-state index in [1.54, 1.807) is 24.3 Å². The first-order valence-corrected chi connectivity index (χ1v) is 7.52. The molecule has 1 heterocycles. The predicted molar refractivity (Wildman–Crippen MR) is 93.2 cm³/mol. The minimum absolute atomic E-state index is 0.00436. The second-order valence-corrected chi connectivity index (χ2v) is 5.22. The Morgan fingerprint density at radius 2 is 1.92 bits per heavy atom. The highest BCUT2D eigenvalue weighted by Gasteiger charge is 2.29. The lowest BCUT2D eigenvalue weighted by Crippen LogP contribution is -2.07. The Kier molecular flexibility index (Phi) is 4.66. The van der Waals surface area contributed by atoms with E-state index < -0.39 is 10.9 Å². The number of nitro benzene ring substituents is 1. The zero-order chi connectivity index (χ0) is 18.7. The van der Waals surface area contributed by atoms with E-state index in [0.717, 1.165) is 0 Å². The zero-order valence-corrected chi connectivity index (χ0v) is 14.0. The summed E-state index contributed by atoms with van der Waals surface area (Å²) in [6.07, 6.45) is 1.48. The quantitative estimate of drug-likeness (QED) is 0.354. The van der Waals surface area contributed by atoms with Gasteiger partial charge in [-0.15, -0.1) is 0 Å². The third-order valence-corrected chi connectivity index (χ3v) is 3.68. The van der Waals surface area contributed by atoms with Gasteiger partial charge in [0, 0.05) is 11.6 Å². The van der Waals surface area contributed by atoms with Crippen LogP contribution in [0.4, 0.5) is 5.69 Å². The van der Waals surface area contributed by atoms with Crippen LogP contribution in [0.25, 0.3) is 6.08 Å². The van der Waals surface area contributed by atoms with Gasteiger partial charge in [-0.05, 0) is 30.3 Å². The number of nitrogens with zero attached hydrogens (tertiary/aromatic N) is 2. The first-order valence-electron chi connectivity index (χ1n) is 7.52. The van der Waals surface area contributed by atoms with Crippen LogP contribution in [0.15, 0.2) is 53.2 Å². The summed E-state index contributed by atoms with van der Waals surface area (Å²) in [7, 11) is 3.02. The fourth-order valence-corrected chi connectivity index (χ4v) is 2.44. The maximum atomic E-state index is 12.2. The van der Waals surface area contributed by atoms with Gasteiger partial charge in [-0.3, -0.25) is 10.1 Å². The smallest absolute Gasteiger partial charge is 0.363 e. The van der Waals surface area contributed by atoms with Crippen molar-refractivity contribution in [3.05, 3.63) is 69.4 Å². The number of benzene rings is 2. The molecular formula is C18H14N2O6. The standard InChI is InChI=1S/C18H14N2O6/c1-24-12-7-8-16(25-2)11(9-12)10-14-18(21)26-17(19-14)13-5-3-4-6-15(13)20(22)23/h3-10H,1-2H3/b14-10-. The van der Waals surface area contributed by atoms with Gasteiger partial charge >= 0.3 is 5.97 Å². The lowest BCUT2D eigenvalue weighted by molar-refractivity contribution is -0.385. The number of aliphatic imine (C=N–C) groups is 1. The van der Waals surface area contributed by atoms with Crippen molar-refractivity contribution in [3.63, 3.8) is 0 Å². The zero-order valence-electron chi connectivity index (χ0n) is 14.0. The molecule has 8 nitrogen and oxygen atoms in total. The molecule has 0 N–H and O–H groups in total. The van der Waals surface area contributed by atoms with E-state index in [2.05, 4.69) is 4.99 Å². The Morgan fingerprint density at radius 3 is 2.62 bits per heavy atom. The first-order chi connectivity index (χ1) is 12.5. The van der Waals surface area contributed by atoms with Crippen LogP contribution in [0, 0.1) is 10.1 Å². The molecule has 0 aliphatic carbocycles. The van der Waals surface area contributed by atoms with Crippen LogP contribution in [0.1, 0.15) is 11.1 Å². The molecule has 3 rings (SSSR count). The number of hydrogen-bond donors (Lipinski definition) is 0. The van der Waals surface area contributed by atoms with E-state index in [1.165, 1.54) is 38.5 Å². The maximum Gasteiger partial charge on any atom is 0.363 e. The minimum atomic E-state index is -0.706. The molecule has 132 valence electrons. The molecule has 0 atom stereocenters. The molecule has 0 aromatic heterocycles. The molecule has 0 spiro atoms. The summed E-state index contributed by atoms with van der Waals surface area (Å²) < 4.78 is 15.5. The number of nitro groups is 1. The van der Waals surface area contributed by atoms with Crippen molar-refractivity contribution in [2.75, 3.05) is 14.2 Å². The van der Waals surface area contributed by atoms with Gasteiger partial charge in [0.15, 0.2) is 5.70 Å². The van der Waals surface area contributed by atoms with Gasteiger partial charge in [0.1, 0.15) is 17.1 Å². The van der Waals surface area contributed by atoms with Crippen LogP contribution in [-0.2, 0) is 9.53 Å². The summed E-state index contributed by atoms with van der Waals surface area (Å²) in [6.45, 7) is 0. The van der Waals surface area contributed by atoms with Crippen LogP contribution in [-0.4, -0.2) is 31.0 Å². The molecule has 0 unspecified atom stereocenters. The molecule has 1 aliphatic rings. The summed E-state index contributed by atoms with van der Waals surface area (Å²) in [5, 5.41) is 11.2. The van der Waals surface area contributed by atoms with Gasteiger partial charge in [0.2, 0.25) is 5.90 Å². The Labute approximate surface area is 148 Å². The van der Waals surface area contributed by atoms with E-state index in [1.807, 2.05) is 0 Å². The molecule has 0 radical (unpaired) electrons. The van der Waals surface area contributed by atoms with Gasteiger partial charge in [0.25, 0.3) is 5.69 Å². The maximum absolute atomic E-state index is 12.2. The third-order valence-electron chi connectivity index (χ3n) is 3.68. The monoisotopic (exact) mass is 354 g/mol. The van der Waals surface area contributed by atoms with Crippen LogP contribution in [0.3, 0.4) is 0 Å². The molecule has 0 saturated carbocycles. The van der Waals surface area contributed by atoms with E-state index in [9.17, 15) is 14.9 Å². The molecule has 2 aromatic carbocycles. The largest absolute Gasteiger partial charge is 0.497 e. The fourth-order valence-electron chi connectivity index (χ4n) is 2.44. The van der Waals surface area contributed by atoms with Gasteiger partial charge in [-0.2, -0.15) is 0 Å². The molecule has 0 bridgehead atoms. The van der Waals surface area contributed by atoms with Crippen LogP contribution >= 0.6 is 0 Å². The molecule has 0 fully saturated rings. The van der Waals surface area contributed by atoms with Gasteiger partial charge in [0.05, 0.1) is 19.1 Å². The number of hydrogen-bond acceptors (Lipinski definition) is 7. The average Bonchev–Trinajstić information content (AvgIpc) is 3.02. The van der Waals surface area contributed by atoms with E-state index in [4.69, 9.17) is 14.2 Å². The highest BCUT2D eigenvalue weighted by molar-refractivity contribution is 6.14.